The second kappa shape index (κ2) is 17.1. The van der Waals surface area contributed by atoms with E-state index in [1.807, 2.05) is 19.9 Å². The third kappa shape index (κ3) is 9.42. The normalized spacial score (nSPS) is 12.9. The Hall–Kier alpha value is -4.89. The van der Waals surface area contributed by atoms with Crippen molar-refractivity contribution in [1.29, 1.82) is 0 Å². The molecule has 0 N–H and O–H groups in total. The molecule has 0 saturated carbocycles. The van der Waals surface area contributed by atoms with E-state index < -0.39 is 13.7 Å². The molecule has 0 unspecified atom stereocenters. The van der Waals surface area contributed by atoms with Crippen LogP contribution in [-0.4, -0.2) is 0 Å². The number of benzene rings is 3. The van der Waals surface area contributed by atoms with Crippen molar-refractivity contribution in [2.75, 3.05) is 0 Å². The van der Waals surface area contributed by atoms with Crippen molar-refractivity contribution in [3.05, 3.63) is 157 Å². The Bertz CT molecular complexity index is 2480. The molecule has 0 fully saturated rings. The summed E-state index contributed by atoms with van der Waals surface area (Å²) in [6.07, 6.45) is 6.05. The van der Waals surface area contributed by atoms with Crippen molar-refractivity contribution in [3.63, 3.8) is 0 Å². The quantitative estimate of drug-likeness (QED) is 0.161. The first-order chi connectivity index (χ1) is 27.6. The molecule has 0 atom stereocenters. The zero-order chi connectivity index (χ0) is 45.3. The Morgan fingerprint density at radius 1 is 0.315 bits per heavy atom. The second-order valence-electron chi connectivity index (χ2n) is 15.6. The van der Waals surface area contributed by atoms with Crippen LogP contribution in [0.2, 0.25) is 0 Å². The Balaban J connectivity index is 0.000000201. The molecule has 0 amide bonds. The first kappa shape index (κ1) is 33.7. The average molecular weight is 727 g/mol. The molecule has 0 aliphatic carbocycles. The molecule has 282 valence electrons. The number of hydrogen-bond donors (Lipinski definition) is 0. The van der Waals surface area contributed by atoms with Gasteiger partial charge in [0.1, 0.15) is 21.1 Å². The van der Waals surface area contributed by atoms with E-state index in [4.69, 9.17) is 8.22 Å². The second-order valence-corrected chi connectivity index (χ2v) is 15.6. The van der Waals surface area contributed by atoms with Crippen molar-refractivity contribution >= 4 is 0 Å². The molecule has 6 aromatic rings. The Morgan fingerprint density at radius 2 is 0.667 bits per heavy atom. The maximum Gasteiger partial charge on any atom is 0.213 e. The minimum atomic E-state index is -2.16. The van der Waals surface area contributed by atoms with E-state index in [2.05, 4.69) is 141 Å². The standard InChI is InChI=1S/3C17H22N/c1-11-7-14(4)16(8-12(11)2)17-9-13(3)15(5)10-18(17)6;2*1-11-7-13(3)17(14(4)8-11)16-9-12(2)15(5)10-18(16)6/h3*7-10H,1-6H3/q3*+1/i;1D3,5D3;. The fraction of sp³-hybridized carbons (Fsp3) is 0.353. The van der Waals surface area contributed by atoms with Crippen LogP contribution in [0.25, 0.3) is 33.8 Å². The molecule has 3 nitrogen and oxygen atoms in total. The lowest BCUT2D eigenvalue weighted by Gasteiger charge is -2.11. The van der Waals surface area contributed by atoms with Gasteiger partial charge < -0.3 is 0 Å². The average Bonchev–Trinajstić information content (AvgIpc) is 3.10. The fourth-order valence-electron chi connectivity index (χ4n) is 7.47. The van der Waals surface area contributed by atoms with E-state index in [9.17, 15) is 0 Å². The summed E-state index contributed by atoms with van der Waals surface area (Å²) in [6.45, 7) is 23.0. The van der Waals surface area contributed by atoms with Gasteiger partial charge in [-0.1, -0.05) is 41.5 Å². The summed E-state index contributed by atoms with van der Waals surface area (Å²) < 4.78 is 51.9. The third-order valence-corrected chi connectivity index (χ3v) is 10.8. The first-order valence-electron chi connectivity index (χ1n) is 21.8. The van der Waals surface area contributed by atoms with Crippen LogP contribution in [0, 0.1) is 104 Å². The van der Waals surface area contributed by atoms with Crippen LogP contribution in [0.15, 0.2) is 73.2 Å². The van der Waals surface area contributed by atoms with E-state index in [1.54, 1.807) is 36.9 Å². The molecule has 0 saturated heterocycles. The van der Waals surface area contributed by atoms with Crippen molar-refractivity contribution < 1.29 is 21.9 Å². The predicted octanol–water partition coefficient (Wildman–Crippen LogP) is 11.2. The smallest absolute Gasteiger partial charge is 0.201 e. The van der Waals surface area contributed by atoms with Crippen LogP contribution >= 0.6 is 0 Å². The number of nitrogens with zero attached hydrogens (tertiary/aromatic N) is 3. The van der Waals surface area contributed by atoms with Gasteiger partial charge in [0.15, 0.2) is 18.6 Å². The summed E-state index contributed by atoms with van der Waals surface area (Å²) >= 11 is 0. The van der Waals surface area contributed by atoms with Crippen molar-refractivity contribution in [2.24, 2.45) is 21.1 Å². The highest BCUT2D eigenvalue weighted by molar-refractivity contribution is 5.68. The van der Waals surface area contributed by atoms with Crippen LogP contribution in [0.1, 0.15) is 91.7 Å². The Morgan fingerprint density at radius 3 is 1.11 bits per heavy atom. The van der Waals surface area contributed by atoms with Gasteiger partial charge in [0, 0.05) is 48.7 Å². The van der Waals surface area contributed by atoms with Gasteiger partial charge in [0.2, 0.25) is 17.1 Å². The maximum atomic E-state index is 7.62. The zero-order valence-electron chi connectivity index (χ0n) is 41.8. The summed E-state index contributed by atoms with van der Waals surface area (Å²) in [7, 11) is 6.05. The number of rotatable bonds is 3. The minimum absolute atomic E-state index is 0.319. The van der Waals surface area contributed by atoms with Crippen molar-refractivity contribution in [1.82, 2.24) is 0 Å². The largest absolute Gasteiger partial charge is 0.213 e. The van der Waals surface area contributed by atoms with Gasteiger partial charge in [-0.25, -0.2) is 13.7 Å². The topological polar surface area (TPSA) is 11.6 Å². The highest BCUT2D eigenvalue weighted by atomic mass is 14.9. The van der Waals surface area contributed by atoms with E-state index in [0.29, 0.717) is 16.7 Å². The summed E-state index contributed by atoms with van der Waals surface area (Å²) in [4.78, 5) is 0. The SMILES string of the molecule is Cc1cc(C)c(-c2cc(C)c(C)c[n+]2C)c(C)c1.Cc1cc(C)c(-c2cc(C)c(C)c[n+]2C)cc1C.[2H]C([2H])([2H])c1cc(C)c(-c2cc(C)c(C([2H])([2H])[2H])c[n+]2C)c(C)c1. The molecule has 0 radical (unpaired) electrons. The predicted molar refractivity (Wildman–Crippen MR) is 230 cm³/mol. The summed E-state index contributed by atoms with van der Waals surface area (Å²) in [5, 5.41) is 0. The first-order valence-corrected chi connectivity index (χ1v) is 18.8. The van der Waals surface area contributed by atoms with E-state index in [1.165, 1.54) is 78.1 Å². The van der Waals surface area contributed by atoms with E-state index >= 15 is 0 Å². The molecule has 6 rings (SSSR count). The van der Waals surface area contributed by atoms with Crippen LogP contribution in [0.4, 0.5) is 0 Å². The summed E-state index contributed by atoms with van der Waals surface area (Å²) in [6, 6.07) is 18.9. The van der Waals surface area contributed by atoms with Crippen molar-refractivity contribution in [2.45, 2.75) is 104 Å². The highest BCUT2D eigenvalue weighted by Gasteiger charge is 2.19. The van der Waals surface area contributed by atoms with Crippen LogP contribution in [0.3, 0.4) is 0 Å². The van der Waals surface area contributed by atoms with Gasteiger partial charge in [-0.2, -0.15) is 0 Å². The molecule has 0 spiro atoms. The van der Waals surface area contributed by atoms with Gasteiger partial charge >= 0.3 is 0 Å². The van der Waals surface area contributed by atoms with Crippen LogP contribution in [-0.2, 0) is 21.1 Å². The number of pyridine rings is 3. The van der Waals surface area contributed by atoms with E-state index in [0.717, 1.165) is 22.4 Å². The van der Waals surface area contributed by atoms with E-state index in [-0.39, 0.29) is 0 Å². The molecular formula is C51H66N3+3. The molecule has 3 heterocycles. The zero-order valence-corrected chi connectivity index (χ0v) is 35.8. The molecule has 0 aliphatic rings. The number of aryl methyl sites for hydroxylation is 18. The maximum absolute atomic E-state index is 7.62. The van der Waals surface area contributed by atoms with Gasteiger partial charge in [0.05, 0.1) is 11.1 Å². The third-order valence-electron chi connectivity index (χ3n) is 10.8. The highest BCUT2D eigenvalue weighted by Crippen LogP contribution is 2.29. The summed E-state index contributed by atoms with van der Waals surface area (Å²) in [5.74, 6) is 0. The lowest BCUT2D eigenvalue weighted by Crippen LogP contribution is -2.31. The Kier molecular flexibility index (Phi) is 10.6. The number of aromatic nitrogens is 3. The molecule has 3 heteroatoms. The fourth-order valence-corrected chi connectivity index (χ4v) is 7.47. The molecular weight excluding hydrogens is 655 g/mol. The van der Waals surface area contributed by atoms with Gasteiger partial charge in [-0.3, -0.25) is 0 Å². The molecule has 3 aromatic heterocycles. The number of hydrogen-bond acceptors (Lipinski definition) is 0. The molecule has 54 heavy (non-hydrogen) atoms. The minimum Gasteiger partial charge on any atom is -0.201 e. The van der Waals surface area contributed by atoms with Crippen LogP contribution in [0.5, 0.6) is 0 Å². The summed E-state index contributed by atoms with van der Waals surface area (Å²) in [5.41, 5.74) is 23.6. The Labute approximate surface area is 336 Å². The van der Waals surface area contributed by atoms with Crippen molar-refractivity contribution in [3.8, 4) is 33.8 Å². The van der Waals surface area contributed by atoms with Gasteiger partial charge in [-0.05, 0) is 165 Å². The lowest BCUT2D eigenvalue weighted by molar-refractivity contribution is -0.660. The molecule has 0 bridgehead atoms. The van der Waals surface area contributed by atoms with Gasteiger partial charge in [-0.15, -0.1) is 0 Å². The molecule has 0 aliphatic heterocycles. The van der Waals surface area contributed by atoms with Gasteiger partial charge in [0.25, 0.3) is 0 Å². The molecule has 3 aromatic carbocycles. The lowest BCUT2D eigenvalue weighted by atomic mass is 9.95. The monoisotopic (exact) mass is 727 g/mol. The van der Waals surface area contributed by atoms with Crippen LogP contribution < -0.4 is 13.7 Å².